The number of hydrogen-bond acceptors (Lipinski definition) is 5. The summed E-state index contributed by atoms with van der Waals surface area (Å²) in [7, 11) is -3.66. The quantitative estimate of drug-likeness (QED) is 0.688. The zero-order valence-corrected chi connectivity index (χ0v) is 17.3. The average Bonchev–Trinajstić information content (AvgIpc) is 2.74. The summed E-state index contributed by atoms with van der Waals surface area (Å²) in [5, 5.41) is 3.03. The molecule has 0 bridgehead atoms. The molecule has 0 spiro atoms. The fourth-order valence-corrected chi connectivity index (χ4v) is 4.27. The van der Waals surface area contributed by atoms with E-state index in [-0.39, 0.29) is 23.4 Å². The van der Waals surface area contributed by atoms with Crippen molar-refractivity contribution in [3.63, 3.8) is 0 Å². The van der Waals surface area contributed by atoms with Crippen LogP contribution in [0.3, 0.4) is 0 Å². The van der Waals surface area contributed by atoms with Crippen LogP contribution in [0.25, 0.3) is 0 Å². The molecular formula is C21H27N3O4S. The van der Waals surface area contributed by atoms with Gasteiger partial charge in [-0.1, -0.05) is 25.3 Å². The van der Waals surface area contributed by atoms with Gasteiger partial charge in [-0.3, -0.25) is 9.78 Å². The third-order valence-corrected chi connectivity index (χ3v) is 6.35. The van der Waals surface area contributed by atoms with Crippen LogP contribution >= 0.6 is 0 Å². The van der Waals surface area contributed by atoms with Crippen molar-refractivity contribution in [2.45, 2.75) is 62.6 Å². The lowest BCUT2D eigenvalue weighted by molar-refractivity contribution is -0.128. The molecule has 3 rings (SSSR count). The number of pyridine rings is 1. The van der Waals surface area contributed by atoms with Crippen molar-refractivity contribution in [3.8, 4) is 5.75 Å². The van der Waals surface area contributed by atoms with Crippen LogP contribution in [0.2, 0.25) is 0 Å². The second-order valence-electron chi connectivity index (χ2n) is 7.22. The Morgan fingerprint density at radius 3 is 2.52 bits per heavy atom. The minimum atomic E-state index is -3.66. The maximum absolute atomic E-state index is 12.4. The van der Waals surface area contributed by atoms with Crippen molar-refractivity contribution in [1.29, 1.82) is 0 Å². The first kappa shape index (κ1) is 21.3. The predicted octanol–water partition coefficient (Wildman–Crippen LogP) is 2.78. The van der Waals surface area contributed by atoms with Gasteiger partial charge in [0, 0.05) is 12.2 Å². The number of benzene rings is 1. The molecule has 1 aromatic carbocycles. The van der Waals surface area contributed by atoms with Gasteiger partial charge in [-0.25, -0.2) is 13.1 Å². The van der Waals surface area contributed by atoms with Gasteiger partial charge in [0.05, 0.1) is 17.1 Å². The normalized spacial score (nSPS) is 16.2. The van der Waals surface area contributed by atoms with Crippen LogP contribution in [0.15, 0.2) is 53.6 Å². The van der Waals surface area contributed by atoms with Crippen molar-refractivity contribution in [2.75, 3.05) is 0 Å². The molecule has 29 heavy (non-hydrogen) atoms. The van der Waals surface area contributed by atoms with Crippen LogP contribution in [0, 0.1) is 0 Å². The second-order valence-corrected chi connectivity index (χ2v) is 8.99. The van der Waals surface area contributed by atoms with Gasteiger partial charge in [0.2, 0.25) is 10.0 Å². The standard InChI is InChI=1S/C21H27N3O4S/c1-16(21(25)24-17-7-3-2-4-8-17)28-19-10-12-20(13-11-19)29(26,27)23-15-18-9-5-6-14-22-18/h5-6,9-14,16-17,23H,2-4,7-8,15H2,1H3,(H,24,25)/t16-/m0/s1. The van der Waals surface area contributed by atoms with Crippen LogP contribution in [-0.2, 0) is 21.4 Å². The van der Waals surface area contributed by atoms with Crippen molar-refractivity contribution in [2.24, 2.45) is 0 Å². The number of aromatic nitrogens is 1. The molecule has 0 aliphatic heterocycles. The summed E-state index contributed by atoms with van der Waals surface area (Å²) >= 11 is 0. The number of rotatable bonds is 8. The Labute approximate surface area is 171 Å². The van der Waals surface area contributed by atoms with E-state index in [2.05, 4.69) is 15.0 Å². The largest absolute Gasteiger partial charge is 0.481 e. The molecule has 1 fully saturated rings. The van der Waals surface area contributed by atoms with Gasteiger partial charge in [-0.05, 0) is 56.2 Å². The SMILES string of the molecule is C[C@H](Oc1ccc(S(=O)(=O)NCc2ccccn2)cc1)C(=O)NC1CCCCC1. The number of hydrogen-bond donors (Lipinski definition) is 2. The summed E-state index contributed by atoms with van der Waals surface area (Å²) in [6.45, 7) is 1.80. The molecule has 8 heteroatoms. The van der Waals surface area contributed by atoms with E-state index in [4.69, 9.17) is 4.74 Å². The molecule has 156 valence electrons. The van der Waals surface area contributed by atoms with E-state index < -0.39 is 16.1 Å². The zero-order chi connectivity index (χ0) is 20.7. The first-order valence-electron chi connectivity index (χ1n) is 9.91. The van der Waals surface area contributed by atoms with Gasteiger partial charge in [0.15, 0.2) is 6.10 Å². The molecule has 7 nitrogen and oxygen atoms in total. The molecule has 1 aliphatic carbocycles. The number of ether oxygens (including phenoxy) is 1. The summed E-state index contributed by atoms with van der Waals surface area (Å²) in [6.07, 6.45) is 6.50. The summed E-state index contributed by atoms with van der Waals surface area (Å²) < 4.78 is 33.0. The van der Waals surface area contributed by atoms with Crippen LogP contribution in [0.4, 0.5) is 0 Å². The van der Waals surface area contributed by atoms with E-state index in [1.165, 1.54) is 18.6 Å². The molecular weight excluding hydrogens is 390 g/mol. The van der Waals surface area contributed by atoms with Crippen LogP contribution < -0.4 is 14.8 Å². The average molecular weight is 418 g/mol. The molecule has 1 saturated carbocycles. The van der Waals surface area contributed by atoms with Gasteiger partial charge in [-0.2, -0.15) is 0 Å². The third kappa shape index (κ3) is 6.27. The Bertz CT molecular complexity index is 895. The van der Waals surface area contributed by atoms with E-state index in [9.17, 15) is 13.2 Å². The number of sulfonamides is 1. The highest BCUT2D eigenvalue weighted by molar-refractivity contribution is 7.89. The number of nitrogens with zero attached hydrogens (tertiary/aromatic N) is 1. The van der Waals surface area contributed by atoms with E-state index in [0.29, 0.717) is 11.4 Å². The molecule has 2 aromatic rings. The lowest BCUT2D eigenvalue weighted by atomic mass is 9.95. The van der Waals surface area contributed by atoms with Crippen LogP contribution in [-0.4, -0.2) is 31.5 Å². The topological polar surface area (TPSA) is 97.4 Å². The summed E-state index contributed by atoms with van der Waals surface area (Å²) in [5.41, 5.74) is 0.633. The summed E-state index contributed by atoms with van der Waals surface area (Å²) in [6, 6.07) is 11.6. The Hall–Kier alpha value is -2.45. The molecule has 1 heterocycles. The Kier molecular flexibility index (Phi) is 7.22. The van der Waals surface area contributed by atoms with E-state index >= 15 is 0 Å². The molecule has 1 aromatic heterocycles. The molecule has 0 unspecified atom stereocenters. The van der Waals surface area contributed by atoms with Gasteiger partial charge >= 0.3 is 0 Å². The first-order valence-corrected chi connectivity index (χ1v) is 11.4. The summed E-state index contributed by atoms with van der Waals surface area (Å²) in [5.74, 6) is 0.297. The van der Waals surface area contributed by atoms with E-state index in [1.807, 2.05) is 0 Å². The number of carbonyl (C=O) groups excluding carboxylic acids is 1. The fourth-order valence-electron chi connectivity index (χ4n) is 3.28. The number of nitrogens with one attached hydrogen (secondary N) is 2. The van der Waals surface area contributed by atoms with Gasteiger partial charge in [0.1, 0.15) is 5.75 Å². The Morgan fingerprint density at radius 1 is 1.14 bits per heavy atom. The molecule has 1 aliphatic rings. The minimum absolute atomic E-state index is 0.111. The number of amides is 1. The number of carbonyl (C=O) groups is 1. The van der Waals surface area contributed by atoms with Crippen molar-refractivity contribution >= 4 is 15.9 Å². The third-order valence-electron chi connectivity index (χ3n) is 4.94. The summed E-state index contributed by atoms with van der Waals surface area (Å²) in [4.78, 5) is 16.5. The molecule has 2 N–H and O–H groups in total. The minimum Gasteiger partial charge on any atom is -0.481 e. The van der Waals surface area contributed by atoms with Crippen LogP contribution in [0.1, 0.15) is 44.7 Å². The van der Waals surface area contributed by atoms with Gasteiger partial charge in [0.25, 0.3) is 5.91 Å². The molecule has 0 radical (unpaired) electrons. The zero-order valence-electron chi connectivity index (χ0n) is 16.5. The smallest absolute Gasteiger partial charge is 0.260 e. The first-order chi connectivity index (χ1) is 13.9. The maximum atomic E-state index is 12.4. The van der Waals surface area contributed by atoms with Crippen LogP contribution in [0.5, 0.6) is 5.75 Å². The lowest BCUT2D eigenvalue weighted by Gasteiger charge is -2.24. The van der Waals surface area contributed by atoms with Crippen molar-refractivity contribution < 1.29 is 17.9 Å². The lowest BCUT2D eigenvalue weighted by Crippen LogP contribution is -2.43. The van der Waals surface area contributed by atoms with Gasteiger partial charge in [-0.15, -0.1) is 0 Å². The molecule has 1 atom stereocenters. The highest BCUT2D eigenvalue weighted by Crippen LogP contribution is 2.19. The fraction of sp³-hybridized carbons (Fsp3) is 0.429. The highest BCUT2D eigenvalue weighted by atomic mass is 32.2. The predicted molar refractivity (Wildman–Crippen MR) is 110 cm³/mol. The monoisotopic (exact) mass is 417 g/mol. The van der Waals surface area contributed by atoms with Crippen molar-refractivity contribution in [1.82, 2.24) is 15.0 Å². The van der Waals surface area contributed by atoms with Crippen molar-refractivity contribution in [3.05, 3.63) is 54.4 Å². The molecule has 0 saturated heterocycles. The maximum Gasteiger partial charge on any atom is 0.260 e. The Balaban J connectivity index is 1.54. The van der Waals surface area contributed by atoms with E-state index in [1.54, 1.807) is 43.5 Å². The Morgan fingerprint density at radius 2 is 1.86 bits per heavy atom. The highest BCUT2D eigenvalue weighted by Gasteiger charge is 2.21. The molecule has 1 amide bonds. The van der Waals surface area contributed by atoms with E-state index in [0.717, 1.165) is 25.7 Å². The van der Waals surface area contributed by atoms with Gasteiger partial charge < -0.3 is 10.1 Å². The second kappa shape index (κ2) is 9.84.